The third-order valence-corrected chi connectivity index (χ3v) is 4.35. The second-order valence-corrected chi connectivity index (χ2v) is 6.58. The zero-order chi connectivity index (χ0) is 20.3. The third-order valence-electron chi connectivity index (χ3n) is 3.79. The summed E-state index contributed by atoms with van der Waals surface area (Å²) in [6.07, 6.45) is 0. The first-order chi connectivity index (χ1) is 13.3. The molecular weight excluding hydrogens is 405 g/mol. The van der Waals surface area contributed by atoms with Crippen molar-refractivity contribution in [2.75, 3.05) is 10.6 Å². The number of carbonyl (C=O) groups excluding carboxylic acids is 1. The number of amides is 1. The molecular formula is C19H13Cl2N3O4. The minimum atomic E-state index is -0.698. The van der Waals surface area contributed by atoms with Gasteiger partial charge in [0.1, 0.15) is 5.75 Å². The van der Waals surface area contributed by atoms with Gasteiger partial charge in [-0.05, 0) is 48.5 Å². The SMILES string of the molecule is O=C(Nc1ccc(Nc2ccc(Cl)cc2)c(Cl)c1)c1cc([N+](=O)[O-])ccc1O. The summed E-state index contributed by atoms with van der Waals surface area (Å²) in [6.45, 7) is 0. The van der Waals surface area contributed by atoms with Crippen LogP contribution in [-0.2, 0) is 0 Å². The van der Waals surface area contributed by atoms with Crippen molar-refractivity contribution in [2.45, 2.75) is 0 Å². The number of rotatable bonds is 5. The van der Waals surface area contributed by atoms with Crippen LogP contribution in [0.1, 0.15) is 10.4 Å². The Kier molecular flexibility index (Phi) is 5.67. The summed E-state index contributed by atoms with van der Waals surface area (Å²) in [5.74, 6) is -1.06. The molecule has 0 atom stereocenters. The van der Waals surface area contributed by atoms with Crippen molar-refractivity contribution in [1.82, 2.24) is 0 Å². The molecule has 0 aliphatic carbocycles. The van der Waals surface area contributed by atoms with Crippen molar-refractivity contribution >= 4 is 51.9 Å². The summed E-state index contributed by atoms with van der Waals surface area (Å²) in [7, 11) is 0. The third kappa shape index (κ3) is 4.51. The number of phenolic OH excluding ortho intramolecular Hbond substituents is 1. The Morgan fingerprint density at radius 1 is 0.964 bits per heavy atom. The lowest BCUT2D eigenvalue weighted by atomic mass is 10.1. The molecule has 0 radical (unpaired) electrons. The number of hydrogen-bond donors (Lipinski definition) is 3. The van der Waals surface area contributed by atoms with Gasteiger partial charge in [0, 0.05) is 28.5 Å². The zero-order valence-electron chi connectivity index (χ0n) is 14.1. The number of benzene rings is 3. The number of non-ortho nitro benzene ring substituents is 1. The van der Waals surface area contributed by atoms with E-state index in [0.717, 1.165) is 23.9 Å². The predicted molar refractivity (Wildman–Crippen MR) is 109 cm³/mol. The summed E-state index contributed by atoms with van der Waals surface area (Å²) in [5.41, 5.74) is 1.24. The molecule has 9 heteroatoms. The van der Waals surface area contributed by atoms with Crippen LogP contribution in [-0.4, -0.2) is 15.9 Å². The Morgan fingerprint density at radius 2 is 1.64 bits per heavy atom. The largest absolute Gasteiger partial charge is 0.507 e. The number of hydrogen-bond acceptors (Lipinski definition) is 5. The van der Waals surface area contributed by atoms with Crippen molar-refractivity contribution in [3.8, 4) is 5.75 Å². The summed E-state index contributed by atoms with van der Waals surface area (Å²) in [6, 6.07) is 15.1. The molecule has 1 amide bonds. The lowest BCUT2D eigenvalue weighted by Gasteiger charge is -2.11. The van der Waals surface area contributed by atoms with Crippen molar-refractivity contribution in [1.29, 1.82) is 0 Å². The van der Waals surface area contributed by atoms with Crippen LogP contribution in [0.25, 0.3) is 0 Å². The van der Waals surface area contributed by atoms with Crippen LogP contribution >= 0.6 is 23.2 Å². The van der Waals surface area contributed by atoms with Gasteiger partial charge in [-0.1, -0.05) is 23.2 Å². The van der Waals surface area contributed by atoms with Gasteiger partial charge in [-0.15, -0.1) is 0 Å². The van der Waals surface area contributed by atoms with E-state index in [4.69, 9.17) is 23.2 Å². The van der Waals surface area contributed by atoms with Gasteiger partial charge < -0.3 is 15.7 Å². The van der Waals surface area contributed by atoms with Gasteiger partial charge in [0.15, 0.2) is 0 Å². The Balaban J connectivity index is 1.77. The fourth-order valence-corrected chi connectivity index (χ4v) is 2.75. The predicted octanol–water partition coefficient (Wildman–Crippen LogP) is 5.60. The highest BCUT2D eigenvalue weighted by atomic mass is 35.5. The van der Waals surface area contributed by atoms with Gasteiger partial charge in [0.05, 0.1) is 21.2 Å². The molecule has 142 valence electrons. The quantitative estimate of drug-likeness (QED) is 0.369. The molecule has 0 fully saturated rings. The van der Waals surface area contributed by atoms with E-state index in [1.54, 1.807) is 36.4 Å². The minimum Gasteiger partial charge on any atom is -0.507 e. The summed E-state index contributed by atoms with van der Waals surface area (Å²) in [4.78, 5) is 22.6. The normalized spacial score (nSPS) is 10.4. The van der Waals surface area contributed by atoms with E-state index in [1.807, 2.05) is 0 Å². The van der Waals surface area contributed by atoms with Gasteiger partial charge in [-0.25, -0.2) is 0 Å². The Bertz CT molecular complexity index is 1060. The molecule has 0 bridgehead atoms. The van der Waals surface area contributed by atoms with Gasteiger partial charge in [0.25, 0.3) is 11.6 Å². The van der Waals surface area contributed by atoms with Crippen molar-refractivity contribution < 1.29 is 14.8 Å². The second-order valence-electron chi connectivity index (χ2n) is 5.74. The Hall–Kier alpha value is -3.29. The van der Waals surface area contributed by atoms with Crippen molar-refractivity contribution in [3.63, 3.8) is 0 Å². The number of anilines is 3. The van der Waals surface area contributed by atoms with Crippen LogP contribution in [0.3, 0.4) is 0 Å². The first-order valence-corrected chi connectivity index (χ1v) is 8.70. The lowest BCUT2D eigenvalue weighted by Crippen LogP contribution is -2.12. The fraction of sp³-hybridized carbons (Fsp3) is 0. The molecule has 0 aromatic heterocycles. The highest BCUT2D eigenvalue weighted by Gasteiger charge is 2.17. The van der Waals surface area contributed by atoms with Crippen LogP contribution in [0.15, 0.2) is 60.7 Å². The number of aromatic hydroxyl groups is 1. The van der Waals surface area contributed by atoms with E-state index in [-0.39, 0.29) is 17.0 Å². The first kappa shape index (κ1) is 19.5. The Labute approximate surface area is 169 Å². The summed E-state index contributed by atoms with van der Waals surface area (Å²) < 4.78 is 0. The molecule has 3 aromatic rings. The number of phenols is 1. The van der Waals surface area contributed by atoms with E-state index in [0.29, 0.717) is 21.4 Å². The molecule has 0 unspecified atom stereocenters. The number of nitrogens with zero attached hydrogens (tertiary/aromatic N) is 1. The van der Waals surface area contributed by atoms with E-state index in [2.05, 4.69) is 10.6 Å². The molecule has 0 saturated heterocycles. The fourth-order valence-electron chi connectivity index (χ4n) is 2.40. The van der Waals surface area contributed by atoms with Gasteiger partial charge in [0.2, 0.25) is 0 Å². The molecule has 0 aliphatic heterocycles. The van der Waals surface area contributed by atoms with Gasteiger partial charge in [-0.2, -0.15) is 0 Å². The number of nitro benzene ring substituents is 1. The topological polar surface area (TPSA) is 104 Å². The standard InChI is InChI=1S/C19H13Cl2N3O4/c20-11-1-3-12(4-2-11)22-17-7-5-13(9-16(17)21)23-19(26)15-10-14(24(27)28)6-8-18(15)25/h1-10,22,25H,(H,23,26). The number of nitrogens with one attached hydrogen (secondary N) is 2. The molecule has 0 saturated carbocycles. The van der Waals surface area contributed by atoms with Crippen LogP contribution in [0.2, 0.25) is 10.0 Å². The molecule has 0 heterocycles. The van der Waals surface area contributed by atoms with Gasteiger partial charge >= 0.3 is 0 Å². The zero-order valence-corrected chi connectivity index (χ0v) is 15.7. The number of nitro groups is 1. The maximum Gasteiger partial charge on any atom is 0.270 e. The lowest BCUT2D eigenvalue weighted by molar-refractivity contribution is -0.384. The number of halogens is 2. The molecule has 28 heavy (non-hydrogen) atoms. The van der Waals surface area contributed by atoms with Crippen molar-refractivity contribution in [2.24, 2.45) is 0 Å². The first-order valence-electron chi connectivity index (χ1n) is 7.94. The molecule has 0 spiro atoms. The molecule has 0 aliphatic rings. The minimum absolute atomic E-state index is 0.214. The van der Waals surface area contributed by atoms with Crippen LogP contribution in [0, 0.1) is 10.1 Å². The van der Waals surface area contributed by atoms with Crippen LogP contribution < -0.4 is 10.6 Å². The van der Waals surface area contributed by atoms with E-state index >= 15 is 0 Å². The van der Waals surface area contributed by atoms with Crippen LogP contribution in [0.4, 0.5) is 22.7 Å². The average molecular weight is 418 g/mol. The van der Waals surface area contributed by atoms with E-state index in [9.17, 15) is 20.0 Å². The number of carbonyl (C=O) groups is 1. The average Bonchev–Trinajstić information content (AvgIpc) is 2.65. The molecule has 7 nitrogen and oxygen atoms in total. The Morgan fingerprint density at radius 3 is 2.29 bits per heavy atom. The molecule has 3 rings (SSSR count). The monoisotopic (exact) mass is 417 g/mol. The van der Waals surface area contributed by atoms with Crippen molar-refractivity contribution in [3.05, 3.63) is 86.4 Å². The highest BCUT2D eigenvalue weighted by Crippen LogP contribution is 2.30. The van der Waals surface area contributed by atoms with E-state index < -0.39 is 10.8 Å². The smallest absolute Gasteiger partial charge is 0.270 e. The van der Waals surface area contributed by atoms with Gasteiger partial charge in [-0.3, -0.25) is 14.9 Å². The van der Waals surface area contributed by atoms with Crippen LogP contribution in [0.5, 0.6) is 5.75 Å². The molecule has 3 aromatic carbocycles. The summed E-state index contributed by atoms with van der Waals surface area (Å²) in [5, 5.41) is 27.3. The summed E-state index contributed by atoms with van der Waals surface area (Å²) >= 11 is 12.1. The molecule has 3 N–H and O–H groups in total. The second kappa shape index (κ2) is 8.16. The maximum absolute atomic E-state index is 12.4. The van der Waals surface area contributed by atoms with E-state index in [1.165, 1.54) is 6.07 Å². The highest BCUT2D eigenvalue weighted by molar-refractivity contribution is 6.33. The maximum atomic E-state index is 12.4.